The third kappa shape index (κ3) is 9.57. The molecule has 0 aromatic heterocycles. The van der Waals surface area contributed by atoms with Crippen molar-refractivity contribution in [1.29, 1.82) is 0 Å². The van der Waals surface area contributed by atoms with Crippen LogP contribution < -0.4 is 16.4 Å². The van der Waals surface area contributed by atoms with Gasteiger partial charge in [0, 0.05) is 42.0 Å². The predicted octanol–water partition coefficient (Wildman–Crippen LogP) is 5.17. The van der Waals surface area contributed by atoms with E-state index in [-0.39, 0.29) is 43.7 Å². The van der Waals surface area contributed by atoms with Crippen LogP contribution >= 0.6 is 11.8 Å². The second-order valence-electron chi connectivity index (χ2n) is 10.2. The minimum Gasteiger partial charge on any atom is -0.397 e. The number of hydrogen-bond acceptors (Lipinski definition) is 8. The molecule has 1 saturated heterocycles. The summed E-state index contributed by atoms with van der Waals surface area (Å²) in [6.07, 6.45) is 1.48. The maximum Gasteiger partial charge on any atom is 0.224 e. The zero-order chi connectivity index (χ0) is 29.7. The van der Waals surface area contributed by atoms with Crippen LogP contribution in [0.4, 0.5) is 17.1 Å². The predicted molar refractivity (Wildman–Crippen MR) is 166 cm³/mol. The van der Waals surface area contributed by atoms with Crippen molar-refractivity contribution in [3.63, 3.8) is 0 Å². The SMILES string of the molecule is Nc1ccccc1NC(=O)CCCCC(=O)Nc1cccc([C@H]2O[C@@H](CSCCO)C[C@@H](c3ccc(CO)cc3)O2)c1. The number of carbonyl (C=O) groups is 2. The van der Waals surface area contributed by atoms with Crippen LogP contribution in [0, 0.1) is 0 Å². The zero-order valence-corrected chi connectivity index (χ0v) is 24.4. The quantitative estimate of drug-likeness (QED) is 0.127. The van der Waals surface area contributed by atoms with Gasteiger partial charge in [-0.1, -0.05) is 48.5 Å². The van der Waals surface area contributed by atoms with E-state index in [1.807, 2.05) is 60.7 Å². The molecule has 0 spiro atoms. The lowest BCUT2D eigenvalue weighted by atomic mass is 10.0. The summed E-state index contributed by atoms with van der Waals surface area (Å²) in [6, 6.07) is 22.3. The molecule has 6 N–H and O–H groups in total. The maximum absolute atomic E-state index is 12.6. The number of nitrogens with two attached hydrogens (primary N) is 1. The summed E-state index contributed by atoms with van der Waals surface area (Å²) < 4.78 is 12.7. The maximum atomic E-state index is 12.6. The van der Waals surface area contributed by atoms with Crippen LogP contribution in [0.15, 0.2) is 72.8 Å². The summed E-state index contributed by atoms with van der Waals surface area (Å²) >= 11 is 1.63. The number of benzene rings is 3. The van der Waals surface area contributed by atoms with E-state index in [9.17, 15) is 19.8 Å². The minimum absolute atomic E-state index is 0.0182. The summed E-state index contributed by atoms with van der Waals surface area (Å²) in [4.78, 5) is 24.9. The van der Waals surface area contributed by atoms with Crippen LogP contribution in [-0.2, 0) is 25.7 Å². The van der Waals surface area contributed by atoms with E-state index in [2.05, 4.69) is 10.6 Å². The van der Waals surface area contributed by atoms with Gasteiger partial charge in [-0.2, -0.15) is 11.8 Å². The van der Waals surface area contributed by atoms with Gasteiger partial charge in [0.15, 0.2) is 6.29 Å². The molecule has 0 saturated carbocycles. The number of anilines is 3. The van der Waals surface area contributed by atoms with Gasteiger partial charge in [0.2, 0.25) is 11.8 Å². The molecular formula is C32H39N3O6S. The second-order valence-corrected chi connectivity index (χ2v) is 11.3. The van der Waals surface area contributed by atoms with Crippen molar-refractivity contribution in [2.24, 2.45) is 0 Å². The molecule has 3 atom stereocenters. The van der Waals surface area contributed by atoms with Crippen molar-refractivity contribution in [3.8, 4) is 0 Å². The molecule has 1 aliphatic rings. The first-order chi connectivity index (χ1) is 20.4. The number of aliphatic hydroxyl groups is 2. The highest BCUT2D eigenvalue weighted by Gasteiger charge is 2.32. The number of carbonyl (C=O) groups excluding carboxylic acids is 2. The Morgan fingerprint density at radius 2 is 1.62 bits per heavy atom. The second kappa shape index (κ2) is 16.3. The Hall–Kier alpha value is -3.41. The van der Waals surface area contributed by atoms with E-state index in [0.717, 1.165) is 22.4 Å². The van der Waals surface area contributed by atoms with Crippen molar-refractivity contribution in [3.05, 3.63) is 89.5 Å². The number of aliphatic hydroxyl groups excluding tert-OH is 2. The summed E-state index contributed by atoms with van der Waals surface area (Å²) in [7, 11) is 0. The van der Waals surface area contributed by atoms with E-state index in [1.165, 1.54) is 0 Å². The summed E-state index contributed by atoms with van der Waals surface area (Å²) in [5.74, 6) is 1.09. The van der Waals surface area contributed by atoms with E-state index in [1.54, 1.807) is 23.9 Å². The van der Waals surface area contributed by atoms with Gasteiger partial charge in [0.05, 0.1) is 36.8 Å². The first-order valence-corrected chi connectivity index (χ1v) is 15.3. The highest BCUT2D eigenvalue weighted by molar-refractivity contribution is 7.99. The van der Waals surface area contributed by atoms with Crippen LogP contribution in [0.3, 0.4) is 0 Å². The molecule has 3 aromatic carbocycles. The molecule has 10 heteroatoms. The highest BCUT2D eigenvalue weighted by Crippen LogP contribution is 2.39. The molecular weight excluding hydrogens is 554 g/mol. The number of thioether (sulfide) groups is 1. The standard InChI is InChI=1S/C32H39N3O6S/c33-27-8-1-2-9-28(27)35-31(39)11-4-3-10-30(38)34-25-7-5-6-24(18-25)32-40-26(21-42-17-16-36)19-29(41-32)23-14-12-22(20-37)13-15-23/h1-2,5-9,12-15,18,26,29,32,36-37H,3-4,10-11,16-17,19-21,33H2,(H,34,38)(H,35,39)/t26-,29+,32+/m1/s1. The molecule has 0 bridgehead atoms. The Bertz CT molecular complexity index is 1310. The molecule has 0 unspecified atom stereocenters. The lowest BCUT2D eigenvalue weighted by molar-refractivity contribution is -0.245. The number of amides is 2. The van der Waals surface area contributed by atoms with Crippen molar-refractivity contribution in [1.82, 2.24) is 0 Å². The van der Waals surface area contributed by atoms with Crippen molar-refractivity contribution >= 4 is 40.6 Å². The van der Waals surface area contributed by atoms with Gasteiger partial charge in [-0.25, -0.2) is 0 Å². The molecule has 4 rings (SSSR count). The summed E-state index contributed by atoms with van der Waals surface area (Å²) in [5, 5.41) is 24.3. The number of ether oxygens (including phenoxy) is 2. The Kier molecular flexibility index (Phi) is 12.2. The average molecular weight is 594 g/mol. The van der Waals surface area contributed by atoms with Gasteiger partial charge in [0.25, 0.3) is 0 Å². The fourth-order valence-electron chi connectivity index (χ4n) is 4.68. The number of para-hydroxylation sites is 2. The largest absolute Gasteiger partial charge is 0.397 e. The first kappa shape index (κ1) is 31.5. The highest BCUT2D eigenvalue weighted by atomic mass is 32.2. The van der Waals surface area contributed by atoms with Gasteiger partial charge in [-0.3, -0.25) is 9.59 Å². The Labute approximate surface area is 250 Å². The number of hydrogen-bond donors (Lipinski definition) is 5. The van der Waals surface area contributed by atoms with Crippen molar-refractivity contribution in [2.75, 3.05) is 34.5 Å². The Morgan fingerprint density at radius 1 is 0.881 bits per heavy atom. The van der Waals surface area contributed by atoms with Gasteiger partial charge in [-0.15, -0.1) is 0 Å². The molecule has 1 aliphatic heterocycles. The lowest BCUT2D eigenvalue weighted by Crippen LogP contribution is -2.31. The summed E-state index contributed by atoms with van der Waals surface area (Å²) in [5.41, 5.74) is 10.2. The van der Waals surface area contributed by atoms with Gasteiger partial charge >= 0.3 is 0 Å². The smallest absolute Gasteiger partial charge is 0.224 e. The van der Waals surface area contributed by atoms with E-state index >= 15 is 0 Å². The fourth-order valence-corrected chi connectivity index (χ4v) is 5.46. The molecule has 42 heavy (non-hydrogen) atoms. The van der Waals surface area contributed by atoms with E-state index in [0.29, 0.717) is 48.5 Å². The molecule has 1 heterocycles. The molecule has 224 valence electrons. The third-order valence-electron chi connectivity index (χ3n) is 6.89. The topological polar surface area (TPSA) is 143 Å². The first-order valence-electron chi connectivity index (χ1n) is 14.2. The van der Waals surface area contributed by atoms with Gasteiger partial charge in [-0.05, 0) is 48.2 Å². The van der Waals surface area contributed by atoms with Crippen LogP contribution in [0.2, 0.25) is 0 Å². The minimum atomic E-state index is -0.630. The van der Waals surface area contributed by atoms with Gasteiger partial charge in [0.1, 0.15) is 0 Å². The number of nitrogens with one attached hydrogen (secondary N) is 2. The van der Waals surface area contributed by atoms with Crippen LogP contribution in [-0.4, -0.2) is 46.2 Å². The number of nitrogen functional groups attached to an aromatic ring is 1. The number of unbranched alkanes of at least 4 members (excludes halogenated alkanes) is 1. The summed E-state index contributed by atoms with van der Waals surface area (Å²) in [6.45, 7) is 0.0940. The Balaban J connectivity index is 1.31. The van der Waals surface area contributed by atoms with Gasteiger partial charge < -0.3 is 36.1 Å². The molecule has 2 amide bonds. The van der Waals surface area contributed by atoms with Crippen molar-refractivity contribution in [2.45, 2.75) is 57.2 Å². The fraction of sp³-hybridized carbons (Fsp3) is 0.375. The third-order valence-corrected chi connectivity index (χ3v) is 7.97. The average Bonchev–Trinajstić information content (AvgIpc) is 3.01. The Morgan fingerprint density at radius 3 is 2.33 bits per heavy atom. The van der Waals surface area contributed by atoms with Crippen LogP contribution in [0.5, 0.6) is 0 Å². The van der Waals surface area contributed by atoms with E-state index in [4.69, 9.17) is 15.2 Å². The molecule has 0 aliphatic carbocycles. The number of rotatable bonds is 14. The van der Waals surface area contributed by atoms with E-state index < -0.39 is 6.29 Å². The molecule has 9 nitrogen and oxygen atoms in total. The molecule has 3 aromatic rings. The molecule has 0 radical (unpaired) electrons. The lowest BCUT2D eigenvalue weighted by Gasteiger charge is -2.36. The molecule has 1 fully saturated rings. The monoisotopic (exact) mass is 593 g/mol. The zero-order valence-electron chi connectivity index (χ0n) is 23.5. The normalized spacial score (nSPS) is 18.4. The van der Waals surface area contributed by atoms with Crippen LogP contribution in [0.1, 0.15) is 61.2 Å². The van der Waals surface area contributed by atoms with Crippen LogP contribution in [0.25, 0.3) is 0 Å². The van der Waals surface area contributed by atoms with Crippen molar-refractivity contribution < 1.29 is 29.3 Å².